The van der Waals surface area contributed by atoms with Crippen LogP contribution in [0.1, 0.15) is 259 Å². The van der Waals surface area contributed by atoms with Gasteiger partial charge in [0.25, 0.3) is 0 Å². The predicted octanol–water partition coefficient (Wildman–Crippen LogP) is 16.5. The first-order valence-corrected chi connectivity index (χ1v) is 26.3. The molecule has 1 atom stereocenters. The van der Waals surface area contributed by atoms with Crippen LogP contribution in [-0.2, 0) is 20.0 Å². The van der Waals surface area contributed by atoms with Gasteiger partial charge in [-0.25, -0.2) is 16.8 Å². The number of sulfonamides is 2. The van der Waals surface area contributed by atoms with Crippen LogP contribution in [0.15, 0.2) is 0 Å². The number of nitrogens with zero attached hydrogens (tertiary/aromatic N) is 1. The van der Waals surface area contributed by atoms with E-state index in [-0.39, 0.29) is 12.8 Å². The van der Waals surface area contributed by atoms with Crippen molar-refractivity contribution in [1.29, 1.82) is 0 Å². The first kappa shape index (κ1) is 56.4. The van der Waals surface area contributed by atoms with Crippen molar-refractivity contribution in [3.8, 4) is 0 Å². The van der Waals surface area contributed by atoms with E-state index in [4.69, 9.17) is 0 Å². The maximum absolute atomic E-state index is 13.6. The Morgan fingerprint density at radius 2 is 0.561 bits per heavy atom. The van der Waals surface area contributed by atoms with Gasteiger partial charge in [0.05, 0.1) is 0 Å². The summed E-state index contributed by atoms with van der Waals surface area (Å²) >= 11 is 0. The van der Waals surface area contributed by atoms with Gasteiger partial charge in [-0.15, -0.1) is 0 Å². The normalized spacial score (nSPS) is 13.9. The van der Waals surface area contributed by atoms with Crippen LogP contribution in [0.5, 0.6) is 0 Å². The summed E-state index contributed by atoms with van der Waals surface area (Å²) in [5.41, 5.74) is -12.1. The van der Waals surface area contributed by atoms with E-state index in [9.17, 15) is 43.2 Å². The zero-order valence-electron chi connectivity index (χ0n) is 36.7. The summed E-state index contributed by atoms with van der Waals surface area (Å²) in [6.45, 7) is 8.60. The Morgan fingerprint density at radius 1 is 0.351 bits per heavy atom. The SMILES string of the molecule is CCCCCCCCCCCCCCC(CCCCCC)(CCCCCC)CCCCCCCCC(CCCCCC)N(S(=O)(=O)C(F)(F)F)S(=O)(=O)C(F)(F)F. The quantitative estimate of drug-likeness (QED) is 0.0454. The summed E-state index contributed by atoms with van der Waals surface area (Å²) in [7, 11) is -13.6. The molecule has 0 amide bonds. The highest BCUT2D eigenvalue weighted by Crippen LogP contribution is 2.43. The molecule has 0 spiro atoms. The highest BCUT2D eigenvalue weighted by atomic mass is 32.3. The molecule has 57 heavy (non-hydrogen) atoms. The second-order valence-corrected chi connectivity index (χ2v) is 20.9. The molecule has 0 aromatic rings. The van der Waals surface area contributed by atoms with Crippen molar-refractivity contribution in [3.05, 3.63) is 0 Å². The first-order valence-electron chi connectivity index (χ1n) is 23.4. The number of hydrogen-bond acceptors (Lipinski definition) is 4. The van der Waals surface area contributed by atoms with E-state index in [1.165, 1.54) is 154 Å². The maximum Gasteiger partial charge on any atom is 0.512 e. The van der Waals surface area contributed by atoms with Gasteiger partial charge in [0.1, 0.15) is 0 Å². The van der Waals surface area contributed by atoms with Gasteiger partial charge in [-0.2, -0.15) is 26.3 Å². The van der Waals surface area contributed by atoms with E-state index in [1.54, 1.807) is 0 Å². The molecule has 0 N–H and O–H groups in total. The third kappa shape index (κ3) is 24.5. The van der Waals surface area contributed by atoms with Crippen molar-refractivity contribution >= 4 is 20.0 Å². The third-order valence-electron chi connectivity index (χ3n) is 11.9. The first-order chi connectivity index (χ1) is 27.0. The largest absolute Gasteiger partial charge is 0.512 e. The lowest BCUT2D eigenvalue weighted by Crippen LogP contribution is -2.53. The maximum atomic E-state index is 13.6. The van der Waals surface area contributed by atoms with Gasteiger partial charge in [0.2, 0.25) is 0 Å². The lowest BCUT2D eigenvalue weighted by molar-refractivity contribution is -0.0547. The number of hydrogen-bond donors (Lipinski definition) is 0. The van der Waals surface area contributed by atoms with Gasteiger partial charge in [-0.1, -0.05) is 224 Å². The van der Waals surface area contributed by atoms with Crippen LogP contribution in [0.25, 0.3) is 0 Å². The fourth-order valence-electron chi connectivity index (χ4n) is 8.42. The number of halogens is 6. The Balaban J connectivity index is 5.41. The summed E-state index contributed by atoms with van der Waals surface area (Å²) in [4.78, 5) is 0. The van der Waals surface area contributed by atoms with E-state index in [2.05, 4.69) is 20.8 Å². The van der Waals surface area contributed by atoms with Gasteiger partial charge in [-0.3, -0.25) is 0 Å². The standard InChI is InChI=1S/C44H85F6NO4S2/c1-5-9-13-17-18-19-20-21-22-24-27-33-39-42(37-31-15-11-7-3,38-32-16-12-8-4)40-34-28-25-23-26-30-36-41(35-29-14-10-6-2)51(56(52,53)43(45,46)47)57(54,55)44(48,49)50/h41H,5-40H2,1-4H3. The number of alkyl halides is 6. The third-order valence-corrected chi connectivity index (χ3v) is 15.8. The summed E-state index contributed by atoms with van der Waals surface area (Å²) in [6, 6.07) is -1.96. The zero-order valence-corrected chi connectivity index (χ0v) is 38.3. The molecule has 0 saturated heterocycles. The molecular formula is C44H85F6NO4S2. The molecule has 0 bridgehead atoms. The van der Waals surface area contributed by atoms with Crippen molar-refractivity contribution in [2.45, 2.75) is 276 Å². The predicted molar refractivity (Wildman–Crippen MR) is 227 cm³/mol. The van der Waals surface area contributed by atoms with E-state index < -0.39 is 53.7 Å². The van der Waals surface area contributed by atoms with Crippen molar-refractivity contribution in [1.82, 2.24) is 3.71 Å². The molecule has 1 unspecified atom stereocenters. The molecule has 0 aliphatic rings. The zero-order chi connectivity index (χ0) is 43.1. The molecule has 13 heteroatoms. The Kier molecular flexibility index (Phi) is 31.9. The van der Waals surface area contributed by atoms with Gasteiger partial charge < -0.3 is 0 Å². The highest BCUT2D eigenvalue weighted by Gasteiger charge is 2.63. The molecule has 0 aliphatic carbocycles. The molecule has 0 fully saturated rings. The minimum atomic E-state index is -6.80. The summed E-state index contributed by atoms with van der Waals surface area (Å²) in [5.74, 6) is 0. The van der Waals surface area contributed by atoms with Crippen LogP contribution in [0, 0.1) is 5.41 Å². The van der Waals surface area contributed by atoms with Gasteiger partial charge in [-0.05, 0) is 43.9 Å². The van der Waals surface area contributed by atoms with E-state index >= 15 is 0 Å². The summed E-state index contributed by atoms with van der Waals surface area (Å²) < 4.78 is 130. The Bertz CT molecular complexity index is 1110. The van der Waals surface area contributed by atoms with Crippen LogP contribution in [0.2, 0.25) is 0 Å². The van der Waals surface area contributed by atoms with E-state index in [0.29, 0.717) is 31.1 Å². The summed E-state index contributed by atoms with van der Waals surface area (Å²) in [5, 5.41) is 0. The monoisotopic (exact) mass is 870 g/mol. The second-order valence-electron chi connectivity index (χ2n) is 17.1. The molecule has 0 aromatic carbocycles. The summed E-state index contributed by atoms with van der Waals surface area (Å²) in [6.07, 6.45) is 36.2. The Hall–Kier alpha value is -0.560. The van der Waals surface area contributed by atoms with E-state index in [1.807, 2.05) is 6.92 Å². The van der Waals surface area contributed by atoms with Crippen LogP contribution >= 0.6 is 0 Å². The minimum Gasteiger partial charge on any atom is -0.202 e. The second kappa shape index (κ2) is 32.2. The number of unbranched alkanes of at least 4 members (excludes halogenated alkanes) is 25. The molecule has 0 saturated carbocycles. The van der Waals surface area contributed by atoms with E-state index in [0.717, 1.165) is 25.7 Å². The molecule has 5 nitrogen and oxygen atoms in total. The highest BCUT2D eigenvalue weighted by molar-refractivity contribution is 8.04. The van der Waals surface area contributed by atoms with Crippen molar-refractivity contribution in [2.75, 3.05) is 0 Å². The lowest BCUT2D eigenvalue weighted by atomic mass is 9.70. The van der Waals surface area contributed by atoms with Crippen molar-refractivity contribution in [3.63, 3.8) is 0 Å². The Morgan fingerprint density at radius 3 is 0.825 bits per heavy atom. The van der Waals surface area contributed by atoms with Crippen LogP contribution in [0.4, 0.5) is 26.3 Å². The van der Waals surface area contributed by atoms with Gasteiger partial charge in [0, 0.05) is 6.04 Å². The number of rotatable bonds is 40. The molecule has 0 radical (unpaired) electrons. The fraction of sp³-hybridized carbons (Fsp3) is 1.00. The topological polar surface area (TPSA) is 71.5 Å². The molecule has 0 heterocycles. The molecule has 344 valence electrons. The molecular weight excluding hydrogens is 785 g/mol. The Labute approximate surface area is 347 Å². The van der Waals surface area contributed by atoms with Crippen LogP contribution in [0.3, 0.4) is 0 Å². The average molecular weight is 870 g/mol. The van der Waals surface area contributed by atoms with Crippen molar-refractivity contribution in [2.24, 2.45) is 5.41 Å². The van der Waals surface area contributed by atoms with Gasteiger partial charge >= 0.3 is 31.1 Å². The average Bonchev–Trinajstić information content (AvgIpc) is 3.13. The van der Waals surface area contributed by atoms with Crippen LogP contribution < -0.4 is 0 Å². The molecule has 0 aromatic heterocycles. The van der Waals surface area contributed by atoms with Crippen LogP contribution in [-0.4, -0.2) is 37.6 Å². The van der Waals surface area contributed by atoms with Gasteiger partial charge in [0.15, 0.2) is 0 Å². The van der Waals surface area contributed by atoms with Crippen molar-refractivity contribution < 1.29 is 43.2 Å². The minimum absolute atomic E-state index is 0.119. The molecule has 0 rings (SSSR count). The smallest absolute Gasteiger partial charge is 0.202 e. The fourth-order valence-corrected chi connectivity index (χ4v) is 11.6. The lowest BCUT2D eigenvalue weighted by Gasteiger charge is -2.35. The molecule has 0 aliphatic heterocycles.